The molecule has 1 amide bonds. The Balaban J connectivity index is 0.00000420. The van der Waals surface area contributed by atoms with Crippen molar-refractivity contribution in [1.82, 2.24) is 15.5 Å². The Morgan fingerprint density at radius 2 is 1.97 bits per heavy atom. The monoisotopic (exact) mass is 516 g/mol. The third-order valence-corrected chi connectivity index (χ3v) is 4.70. The first-order valence-corrected chi connectivity index (χ1v) is 10.7. The molecule has 1 aromatic rings. The molecule has 0 unspecified atom stereocenters. The molecule has 1 aliphatic rings. The molecule has 0 radical (unpaired) electrons. The van der Waals surface area contributed by atoms with E-state index in [0.717, 1.165) is 63.6 Å². The summed E-state index contributed by atoms with van der Waals surface area (Å²) in [6, 6.07) is 8.37. The van der Waals surface area contributed by atoms with Crippen LogP contribution in [0.15, 0.2) is 29.3 Å². The normalized spacial score (nSPS) is 14.1. The number of guanidine groups is 1. The van der Waals surface area contributed by atoms with Gasteiger partial charge in [0.2, 0.25) is 5.91 Å². The van der Waals surface area contributed by atoms with Gasteiger partial charge < -0.3 is 20.3 Å². The molecular formula is C22H37IN4O2. The first-order chi connectivity index (χ1) is 13.7. The highest BCUT2D eigenvalue weighted by Crippen LogP contribution is 2.15. The maximum atomic E-state index is 11.8. The van der Waals surface area contributed by atoms with E-state index in [0.29, 0.717) is 19.5 Å². The van der Waals surface area contributed by atoms with Crippen molar-refractivity contribution in [3.63, 3.8) is 0 Å². The fourth-order valence-corrected chi connectivity index (χ4v) is 3.16. The number of nitrogens with one attached hydrogen (secondary N) is 2. The van der Waals surface area contributed by atoms with E-state index in [-0.39, 0.29) is 29.9 Å². The zero-order valence-corrected chi connectivity index (χ0v) is 20.2. The number of benzene rings is 1. The Morgan fingerprint density at radius 1 is 1.17 bits per heavy atom. The van der Waals surface area contributed by atoms with E-state index in [9.17, 15) is 4.79 Å². The molecule has 0 bridgehead atoms. The van der Waals surface area contributed by atoms with Crippen LogP contribution in [0.5, 0.6) is 0 Å². The van der Waals surface area contributed by atoms with Crippen LogP contribution in [-0.4, -0.2) is 49.6 Å². The summed E-state index contributed by atoms with van der Waals surface area (Å²) in [6.45, 7) is 9.73. The van der Waals surface area contributed by atoms with Crippen molar-refractivity contribution in [1.29, 1.82) is 0 Å². The minimum atomic E-state index is 0. The molecule has 0 saturated carbocycles. The van der Waals surface area contributed by atoms with E-state index < -0.39 is 0 Å². The van der Waals surface area contributed by atoms with Gasteiger partial charge in [-0.2, -0.15) is 0 Å². The highest BCUT2D eigenvalue weighted by atomic mass is 127. The number of aliphatic imine (C=N–C) groups is 1. The molecule has 1 aliphatic heterocycles. The van der Waals surface area contributed by atoms with Crippen LogP contribution < -0.4 is 10.6 Å². The molecule has 1 saturated heterocycles. The van der Waals surface area contributed by atoms with Gasteiger partial charge in [-0.25, -0.2) is 4.99 Å². The van der Waals surface area contributed by atoms with Gasteiger partial charge in [-0.05, 0) is 37.3 Å². The van der Waals surface area contributed by atoms with Gasteiger partial charge in [-0.15, -0.1) is 24.0 Å². The van der Waals surface area contributed by atoms with Gasteiger partial charge in [-0.3, -0.25) is 4.79 Å². The summed E-state index contributed by atoms with van der Waals surface area (Å²) in [4.78, 5) is 18.5. The number of likely N-dealkylation sites (tertiary alicyclic amines) is 1. The van der Waals surface area contributed by atoms with E-state index in [1.807, 2.05) is 4.90 Å². The third kappa shape index (κ3) is 10.3. The summed E-state index contributed by atoms with van der Waals surface area (Å²) in [5, 5.41) is 6.66. The topological polar surface area (TPSA) is 66.0 Å². The molecule has 6 nitrogen and oxygen atoms in total. The largest absolute Gasteiger partial charge is 0.381 e. The Kier molecular flexibility index (Phi) is 13.7. The van der Waals surface area contributed by atoms with Gasteiger partial charge >= 0.3 is 0 Å². The molecular weight excluding hydrogens is 479 g/mol. The standard InChI is InChI=1S/C22H36N4O2.HI/c1-3-5-14-28-15-8-12-24-22(23-4-2)25-17-19-9-6-10-20(16-19)18-26-13-7-11-21(26)27;/h6,9-10,16H,3-5,7-8,11-15,17-18H2,1-2H3,(H2,23,24,25);1H. The number of ether oxygens (including phenoxy) is 1. The van der Waals surface area contributed by atoms with Crippen molar-refractivity contribution in [3.8, 4) is 0 Å². The number of carbonyl (C=O) groups excluding carboxylic acids is 1. The van der Waals surface area contributed by atoms with Crippen molar-refractivity contribution >= 4 is 35.8 Å². The molecule has 1 aromatic carbocycles. The number of hydrogen-bond acceptors (Lipinski definition) is 3. The molecule has 0 spiro atoms. The lowest BCUT2D eigenvalue weighted by molar-refractivity contribution is -0.128. The minimum absolute atomic E-state index is 0. The molecule has 2 N–H and O–H groups in total. The van der Waals surface area contributed by atoms with Crippen molar-refractivity contribution in [2.45, 2.75) is 59.0 Å². The second-order valence-electron chi connectivity index (χ2n) is 7.18. The predicted molar refractivity (Wildman–Crippen MR) is 130 cm³/mol. The zero-order valence-electron chi connectivity index (χ0n) is 17.9. The number of rotatable bonds is 12. The van der Waals surface area contributed by atoms with E-state index in [2.05, 4.69) is 48.7 Å². The van der Waals surface area contributed by atoms with Crippen LogP contribution in [0.2, 0.25) is 0 Å². The highest BCUT2D eigenvalue weighted by Gasteiger charge is 2.19. The Labute approximate surface area is 192 Å². The highest BCUT2D eigenvalue weighted by molar-refractivity contribution is 14.0. The molecule has 164 valence electrons. The van der Waals surface area contributed by atoms with E-state index in [4.69, 9.17) is 9.73 Å². The quantitative estimate of drug-likeness (QED) is 0.193. The van der Waals surface area contributed by atoms with E-state index >= 15 is 0 Å². The van der Waals surface area contributed by atoms with Gasteiger partial charge in [0.25, 0.3) is 0 Å². The summed E-state index contributed by atoms with van der Waals surface area (Å²) in [6.07, 6.45) is 4.93. The van der Waals surface area contributed by atoms with E-state index in [1.54, 1.807) is 0 Å². The minimum Gasteiger partial charge on any atom is -0.381 e. The van der Waals surface area contributed by atoms with Crippen LogP contribution in [-0.2, 0) is 22.6 Å². The molecule has 2 rings (SSSR count). The molecule has 1 fully saturated rings. The second-order valence-corrected chi connectivity index (χ2v) is 7.18. The van der Waals surface area contributed by atoms with Crippen molar-refractivity contribution in [2.24, 2.45) is 4.99 Å². The van der Waals surface area contributed by atoms with Gasteiger partial charge in [-0.1, -0.05) is 37.6 Å². The van der Waals surface area contributed by atoms with Crippen LogP contribution in [0.4, 0.5) is 0 Å². The summed E-state index contributed by atoms with van der Waals surface area (Å²) in [5.74, 6) is 1.09. The fourth-order valence-electron chi connectivity index (χ4n) is 3.16. The Bertz CT molecular complexity index is 625. The van der Waals surface area contributed by atoms with Gasteiger partial charge in [0.1, 0.15) is 0 Å². The predicted octanol–water partition coefficient (Wildman–Crippen LogP) is 3.69. The SMILES string of the molecule is CCCCOCCCNC(=NCc1cccc(CN2CCCC2=O)c1)NCC.I. The third-order valence-electron chi connectivity index (χ3n) is 4.70. The molecule has 0 aromatic heterocycles. The molecule has 0 aliphatic carbocycles. The number of unbranched alkanes of at least 4 members (excludes halogenated alkanes) is 1. The molecule has 7 heteroatoms. The number of carbonyl (C=O) groups is 1. The number of amides is 1. The van der Waals surface area contributed by atoms with Crippen molar-refractivity contribution < 1.29 is 9.53 Å². The fraction of sp³-hybridized carbons (Fsp3) is 0.636. The van der Waals surface area contributed by atoms with Crippen LogP contribution >= 0.6 is 24.0 Å². The first-order valence-electron chi connectivity index (χ1n) is 10.7. The maximum absolute atomic E-state index is 11.8. The van der Waals surface area contributed by atoms with Crippen LogP contribution in [0, 0.1) is 0 Å². The van der Waals surface area contributed by atoms with Crippen LogP contribution in [0.1, 0.15) is 57.1 Å². The summed E-state index contributed by atoms with van der Waals surface area (Å²) >= 11 is 0. The number of nitrogens with zero attached hydrogens (tertiary/aromatic N) is 2. The maximum Gasteiger partial charge on any atom is 0.222 e. The second kappa shape index (κ2) is 15.5. The summed E-state index contributed by atoms with van der Waals surface area (Å²) < 4.78 is 5.59. The summed E-state index contributed by atoms with van der Waals surface area (Å²) in [5.41, 5.74) is 2.33. The van der Waals surface area contributed by atoms with Gasteiger partial charge in [0, 0.05) is 45.8 Å². The number of hydrogen-bond donors (Lipinski definition) is 2. The lowest BCUT2D eigenvalue weighted by Gasteiger charge is -2.16. The van der Waals surface area contributed by atoms with Crippen LogP contribution in [0.3, 0.4) is 0 Å². The van der Waals surface area contributed by atoms with E-state index in [1.165, 1.54) is 12.0 Å². The smallest absolute Gasteiger partial charge is 0.222 e. The Hall–Kier alpha value is -1.35. The Morgan fingerprint density at radius 3 is 2.69 bits per heavy atom. The average Bonchev–Trinajstić information content (AvgIpc) is 3.10. The zero-order chi connectivity index (χ0) is 20.0. The van der Waals surface area contributed by atoms with Gasteiger partial charge in [0.15, 0.2) is 5.96 Å². The lowest BCUT2D eigenvalue weighted by Crippen LogP contribution is -2.38. The lowest BCUT2D eigenvalue weighted by atomic mass is 10.1. The van der Waals surface area contributed by atoms with Crippen molar-refractivity contribution in [2.75, 3.05) is 32.8 Å². The molecule has 0 atom stereocenters. The average molecular weight is 516 g/mol. The van der Waals surface area contributed by atoms with Gasteiger partial charge in [0.05, 0.1) is 6.54 Å². The summed E-state index contributed by atoms with van der Waals surface area (Å²) in [7, 11) is 0. The van der Waals surface area contributed by atoms with Crippen molar-refractivity contribution in [3.05, 3.63) is 35.4 Å². The number of halogens is 1. The molecule has 1 heterocycles. The van der Waals surface area contributed by atoms with Crippen LogP contribution in [0.25, 0.3) is 0 Å². The first kappa shape index (κ1) is 25.7. The molecule has 29 heavy (non-hydrogen) atoms.